The smallest absolute Gasteiger partial charge is 0.336 e. The van der Waals surface area contributed by atoms with E-state index in [1.54, 1.807) is 36.4 Å². The summed E-state index contributed by atoms with van der Waals surface area (Å²) in [5, 5.41) is 19.9. The summed E-state index contributed by atoms with van der Waals surface area (Å²) in [7, 11) is 0. The molecule has 0 radical (unpaired) electrons. The molecule has 0 amide bonds. The summed E-state index contributed by atoms with van der Waals surface area (Å²) in [5.74, 6) is 0.0943. The molecule has 21 heavy (non-hydrogen) atoms. The predicted octanol–water partition coefficient (Wildman–Crippen LogP) is 3.09. The molecule has 0 saturated carbocycles. The third kappa shape index (κ3) is 3.90. The Kier molecular flexibility index (Phi) is 4.30. The van der Waals surface area contributed by atoms with E-state index >= 15 is 0 Å². The van der Waals surface area contributed by atoms with Gasteiger partial charge < -0.3 is 9.52 Å². The molecule has 0 atom stereocenters. The SMILES string of the molecule is O=[N+]([O-])c1ccccc1.O=c1ccc2ccc(O)cc2o1. The molecule has 1 N–H and O–H groups in total. The number of hydrogen-bond donors (Lipinski definition) is 1. The molecule has 0 aliphatic heterocycles. The van der Waals surface area contributed by atoms with Gasteiger partial charge in [-0.15, -0.1) is 0 Å². The minimum atomic E-state index is -0.417. The van der Waals surface area contributed by atoms with Crippen LogP contribution in [0.1, 0.15) is 0 Å². The maximum Gasteiger partial charge on any atom is 0.336 e. The molecule has 3 rings (SSSR count). The highest BCUT2D eigenvalue weighted by Crippen LogP contribution is 2.17. The molecule has 0 unspecified atom stereocenters. The quantitative estimate of drug-likeness (QED) is 0.421. The van der Waals surface area contributed by atoms with Gasteiger partial charge in [-0.3, -0.25) is 10.1 Å². The van der Waals surface area contributed by atoms with Crippen LogP contribution < -0.4 is 5.63 Å². The van der Waals surface area contributed by atoms with Crippen molar-refractivity contribution in [2.45, 2.75) is 0 Å². The van der Waals surface area contributed by atoms with Crippen molar-refractivity contribution in [2.24, 2.45) is 0 Å². The summed E-state index contributed by atoms with van der Waals surface area (Å²) in [5.41, 5.74) is 0.133. The van der Waals surface area contributed by atoms with Crippen molar-refractivity contribution in [1.82, 2.24) is 0 Å². The zero-order valence-electron chi connectivity index (χ0n) is 10.8. The summed E-state index contributed by atoms with van der Waals surface area (Å²) in [4.78, 5) is 20.3. The van der Waals surface area contributed by atoms with Crippen LogP contribution in [0.5, 0.6) is 5.75 Å². The second-order valence-corrected chi connectivity index (χ2v) is 4.07. The second-order valence-electron chi connectivity index (χ2n) is 4.07. The van der Waals surface area contributed by atoms with E-state index in [0.717, 1.165) is 5.39 Å². The van der Waals surface area contributed by atoms with Gasteiger partial charge in [0.15, 0.2) is 0 Å². The van der Waals surface area contributed by atoms with Gasteiger partial charge in [-0.2, -0.15) is 0 Å². The molecule has 1 heterocycles. The number of nitrogens with zero attached hydrogens (tertiary/aromatic N) is 1. The van der Waals surface area contributed by atoms with Gasteiger partial charge in [0.2, 0.25) is 0 Å². The number of rotatable bonds is 1. The van der Waals surface area contributed by atoms with Crippen LogP contribution >= 0.6 is 0 Å². The number of nitro groups is 1. The summed E-state index contributed by atoms with van der Waals surface area (Å²) in [6.45, 7) is 0. The Balaban J connectivity index is 0.000000161. The molecule has 0 fully saturated rings. The number of non-ortho nitro benzene ring substituents is 1. The van der Waals surface area contributed by atoms with Crippen molar-refractivity contribution in [3.63, 3.8) is 0 Å². The highest BCUT2D eigenvalue weighted by Gasteiger charge is 1.98. The Morgan fingerprint density at radius 2 is 1.67 bits per heavy atom. The zero-order chi connectivity index (χ0) is 15.2. The van der Waals surface area contributed by atoms with Crippen LogP contribution in [0.4, 0.5) is 5.69 Å². The fourth-order valence-corrected chi connectivity index (χ4v) is 1.60. The van der Waals surface area contributed by atoms with Crippen LogP contribution in [-0.2, 0) is 0 Å². The Morgan fingerprint density at radius 1 is 1.00 bits per heavy atom. The van der Waals surface area contributed by atoms with E-state index in [4.69, 9.17) is 9.52 Å². The number of phenolic OH excluding ortho intramolecular Hbond substituents is 1. The second kappa shape index (κ2) is 6.33. The summed E-state index contributed by atoms with van der Waals surface area (Å²) < 4.78 is 4.83. The summed E-state index contributed by atoms with van der Waals surface area (Å²) >= 11 is 0. The Morgan fingerprint density at radius 3 is 2.29 bits per heavy atom. The number of hydrogen-bond acceptors (Lipinski definition) is 5. The van der Waals surface area contributed by atoms with E-state index in [2.05, 4.69) is 0 Å². The molecular weight excluding hydrogens is 274 g/mol. The Hall–Kier alpha value is -3.15. The van der Waals surface area contributed by atoms with Crippen molar-refractivity contribution in [3.8, 4) is 5.75 Å². The van der Waals surface area contributed by atoms with Gasteiger partial charge in [0.05, 0.1) is 4.92 Å². The van der Waals surface area contributed by atoms with E-state index in [0.29, 0.717) is 5.58 Å². The van der Waals surface area contributed by atoms with Crippen molar-refractivity contribution < 1.29 is 14.4 Å². The van der Waals surface area contributed by atoms with Gasteiger partial charge in [0.1, 0.15) is 11.3 Å². The van der Waals surface area contributed by atoms with Crippen molar-refractivity contribution in [3.05, 3.63) is 81.2 Å². The largest absolute Gasteiger partial charge is 0.508 e. The van der Waals surface area contributed by atoms with Gasteiger partial charge in [-0.1, -0.05) is 18.2 Å². The predicted molar refractivity (Wildman–Crippen MR) is 77.2 cm³/mol. The first-order chi connectivity index (χ1) is 10.1. The van der Waals surface area contributed by atoms with Gasteiger partial charge in [0, 0.05) is 29.7 Å². The number of para-hydroxylation sites is 1. The molecule has 0 aliphatic rings. The van der Waals surface area contributed by atoms with Crippen LogP contribution in [-0.4, -0.2) is 10.0 Å². The first-order valence-corrected chi connectivity index (χ1v) is 5.98. The molecule has 0 aliphatic carbocycles. The van der Waals surface area contributed by atoms with Crippen molar-refractivity contribution in [1.29, 1.82) is 0 Å². The highest BCUT2D eigenvalue weighted by molar-refractivity contribution is 5.77. The normalized spacial score (nSPS) is 9.71. The maximum absolute atomic E-state index is 10.7. The van der Waals surface area contributed by atoms with E-state index in [1.807, 2.05) is 0 Å². The Bertz CT molecular complexity index is 811. The molecule has 2 aromatic carbocycles. The number of nitro benzene ring substituents is 1. The maximum atomic E-state index is 10.7. The number of fused-ring (bicyclic) bond motifs is 1. The molecule has 3 aromatic rings. The van der Waals surface area contributed by atoms with E-state index in [1.165, 1.54) is 24.3 Å². The van der Waals surface area contributed by atoms with Gasteiger partial charge >= 0.3 is 5.63 Å². The third-order valence-electron chi connectivity index (χ3n) is 2.57. The van der Waals surface area contributed by atoms with E-state index in [9.17, 15) is 14.9 Å². The molecule has 0 spiro atoms. The molecular formula is C15H11NO5. The topological polar surface area (TPSA) is 93.6 Å². The number of phenols is 1. The van der Waals surface area contributed by atoms with Crippen molar-refractivity contribution >= 4 is 16.7 Å². The molecule has 1 aromatic heterocycles. The van der Waals surface area contributed by atoms with Crippen LogP contribution in [0.2, 0.25) is 0 Å². The standard InChI is InChI=1S/C9H6O3.C6H5NO2/c10-7-3-1-6-2-4-9(11)12-8(6)5-7;8-7(9)6-4-2-1-3-5-6/h1-5,10H;1-5H. The van der Waals surface area contributed by atoms with E-state index in [-0.39, 0.29) is 11.4 Å². The molecule has 0 saturated heterocycles. The van der Waals surface area contributed by atoms with Gasteiger partial charge in [0.25, 0.3) is 5.69 Å². The molecule has 106 valence electrons. The van der Waals surface area contributed by atoms with Crippen LogP contribution in [0.15, 0.2) is 69.9 Å². The van der Waals surface area contributed by atoms with Gasteiger partial charge in [-0.05, 0) is 18.2 Å². The van der Waals surface area contributed by atoms with Crippen LogP contribution in [0.25, 0.3) is 11.0 Å². The third-order valence-corrected chi connectivity index (χ3v) is 2.57. The minimum Gasteiger partial charge on any atom is -0.508 e. The highest BCUT2D eigenvalue weighted by atomic mass is 16.6. The lowest BCUT2D eigenvalue weighted by molar-refractivity contribution is -0.384. The monoisotopic (exact) mass is 285 g/mol. The first-order valence-electron chi connectivity index (χ1n) is 5.98. The lowest BCUT2D eigenvalue weighted by Crippen LogP contribution is -1.93. The molecule has 6 heteroatoms. The van der Waals surface area contributed by atoms with Gasteiger partial charge in [-0.25, -0.2) is 4.79 Å². The molecule has 6 nitrogen and oxygen atoms in total. The molecule has 0 bridgehead atoms. The summed E-state index contributed by atoms with van der Waals surface area (Å²) in [6.07, 6.45) is 0. The lowest BCUT2D eigenvalue weighted by atomic mass is 10.2. The number of aromatic hydroxyl groups is 1. The van der Waals surface area contributed by atoms with Crippen LogP contribution in [0.3, 0.4) is 0 Å². The zero-order valence-corrected chi connectivity index (χ0v) is 10.8. The Labute approximate surface area is 119 Å². The average Bonchev–Trinajstić information content (AvgIpc) is 2.48. The number of benzene rings is 2. The first kappa shape index (κ1) is 14.3. The average molecular weight is 285 g/mol. The lowest BCUT2D eigenvalue weighted by Gasteiger charge is -1.94. The van der Waals surface area contributed by atoms with Crippen molar-refractivity contribution in [2.75, 3.05) is 0 Å². The fourth-order valence-electron chi connectivity index (χ4n) is 1.60. The fraction of sp³-hybridized carbons (Fsp3) is 0. The van der Waals surface area contributed by atoms with E-state index < -0.39 is 10.5 Å². The minimum absolute atomic E-state index is 0.0943. The van der Waals surface area contributed by atoms with Crippen LogP contribution in [0, 0.1) is 10.1 Å². The summed E-state index contributed by atoms with van der Waals surface area (Å²) in [6, 6.07) is 15.6.